The molecule has 0 saturated carbocycles. The Bertz CT molecular complexity index is 3810. The molecule has 0 N–H and O–H groups in total. The van der Waals surface area contributed by atoms with E-state index in [2.05, 4.69) is 149 Å². The van der Waals surface area contributed by atoms with Gasteiger partial charge in [0, 0.05) is 54.7 Å². The highest BCUT2D eigenvalue weighted by Crippen LogP contribution is 2.44. The van der Waals surface area contributed by atoms with Crippen LogP contribution in [0.4, 0.5) is 0 Å². The van der Waals surface area contributed by atoms with E-state index in [1.807, 2.05) is 60.7 Å². The van der Waals surface area contributed by atoms with Gasteiger partial charge in [-0.2, -0.15) is 0 Å². The van der Waals surface area contributed by atoms with Crippen molar-refractivity contribution < 1.29 is 4.42 Å². The molecule has 9 aromatic carbocycles. The minimum atomic E-state index is 0.590. The first-order chi connectivity index (χ1) is 30.3. The van der Waals surface area contributed by atoms with Crippen LogP contribution in [0.15, 0.2) is 205 Å². The molecule has 0 aliphatic carbocycles. The Morgan fingerprint density at radius 3 is 1.51 bits per heavy atom. The van der Waals surface area contributed by atoms with Gasteiger partial charge in [0.2, 0.25) is 0 Å². The molecule has 4 heterocycles. The van der Waals surface area contributed by atoms with Gasteiger partial charge in [0.15, 0.2) is 23.1 Å². The second-order valence-electron chi connectivity index (χ2n) is 15.6. The van der Waals surface area contributed by atoms with Gasteiger partial charge >= 0.3 is 0 Å². The highest BCUT2D eigenvalue weighted by atomic mass is 16.3. The number of rotatable bonds is 5. The molecule has 13 rings (SSSR count). The summed E-state index contributed by atoms with van der Waals surface area (Å²) in [4.78, 5) is 15.2. The number of aromatic nitrogens is 5. The maximum absolute atomic E-state index is 7.14. The van der Waals surface area contributed by atoms with Gasteiger partial charge in [0.05, 0.1) is 27.8 Å². The van der Waals surface area contributed by atoms with Crippen molar-refractivity contribution in [2.75, 3.05) is 0 Å². The first kappa shape index (κ1) is 33.6. The van der Waals surface area contributed by atoms with Gasteiger partial charge in [-0.05, 0) is 59.3 Å². The molecule has 0 atom stereocenters. The number of nitrogens with zero attached hydrogens (tertiary/aromatic N) is 5. The molecular formula is C55H33N5O. The van der Waals surface area contributed by atoms with Crippen molar-refractivity contribution in [3.63, 3.8) is 0 Å². The van der Waals surface area contributed by atoms with E-state index in [1.165, 1.54) is 27.1 Å². The molecular weight excluding hydrogens is 747 g/mol. The van der Waals surface area contributed by atoms with E-state index in [0.29, 0.717) is 17.5 Å². The van der Waals surface area contributed by atoms with E-state index >= 15 is 0 Å². The highest BCUT2D eigenvalue weighted by Gasteiger charge is 2.23. The molecule has 0 bridgehead atoms. The molecule has 0 amide bonds. The zero-order chi connectivity index (χ0) is 40.0. The lowest BCUT2D eigenvalue weighted by Crippen LogP contribution is -2.00. The maximum atomic E-state index is 7.14. The lowest BCUT2D eigenvalue weighted by Gasteiger charge is -2.11. The zero-order valence-corrected chi connectivity index (χ0v) is 32.7. The minimum absolute atomic E-state index is 0.590. The van der Waals surface area contributed by atoms with Crippen molar-refractivity contribution in [3.8, 4) is 45.5 Å². The Morgan fingerprint density at radius 1 is 0.344 bits per heavy atom. The predicted molar refractivity (Wildman–Crippen MR) is 250 cm³/mol. The quantitative estimate of drug-likeness (QED) is 0.175. The van der Waals surface area contributed by atoms with Crippen molar-refractivity contribution in [2.24, 2.45) is 0 Å². The third-order valence-electron chi connectivity index (χ3n) is 12.1. The SMILES string of the molecule is c1ccc(-c2nc(-c3ccccc3)nc(-c3cc4oc5c(-n6c7ccccc7c7cc8c9ccccc9n(-c9ccccc9)c8cc76)cccc5c4c4ccccc34)n2)cc1. The molecule has 0 fully saturated rings. The van der Waals surface area contributed by atoms with Crippen LogP contribution >= 0.6 is 0 Å². The van der Waals surface area contributed by atoms with Crippen molar-refractivity contribution in [1.29, 1.82) is 0 Å². The molecule has 0 unspecified atom stereocenters. The van der Waals surface area contributed by atoms with Crippen LogP contribution in [-0.4, -0.2) is 24.1 Å². The Morgan fingerprint density at radius 2 is 0.852 bits per heavy atom. The van der Waals surface area contributed by atoms with E-state index in [0.717, 1.165) is 77.3 Å². The van der Waals surface area contributed by atoms with Gasteiger partial charge in [0.25, 0.3) is 0 Å². The molecule has 0 aliphatic heterocycles. The fraction of sp³-hybridized carbons (Fsp3) is 0. The van der Waals surface area contributed by atoms with Crippen LogP contribution in [0.2, 0.25) is 0 Å². The summed E-state index contributed by atoms with van der Waals surface area (Å²) in [7, 11) is 0. The number of hydrogen-bond donors (Lipinski definition) is 0. The summed E-state index contributed by atoms with van der Waals surface area (Å²) >= 11 is 0. The summed E-state index contributed by atoms with van der Waals surface area (Å²) in [6, 6.07) is 70.2. The van der Waals surface area contributed by atoms with Crippen LogP contribution in [0.3, 0.4) is 0 Å². The lowest BCUT2D eigenvalue weighted by atomic mass is 9.98. The summed E-state index contributed by atoms with van der Waals surface area (Å²) in [6.07, 6.45) is 0. The molecule has 0 radical (unpaired) electrons. The summed E-state index contributed by atoms with van der Waals surface area (Å²) in [5.74, 6) is 1.83. The molecule has 61 heavy (non-hydrogen) atoms. The smallest absolute Gasteiger partial charge is 0.164 e. The first-order valence-electron chi connectivity index (χ1n) is 20.5. The molecule has 6 nitrogen and oxygen atoms in total. The van der Waals surface area contributed by atoms with Gasteiger partial charge in [-0.15, -0.1) is 0 Å². The second kappa shape index (κ2) is 13.1. The van der Waals surface area contributed by atoms with Gasteiger partial charge < -0.3 is 13.6 Å². The molecule has 0 aliphatic rings. The van der Waals surface area contributed by atoms with E-state index in [9.17, 15) is 0 Å². The van der Waals surface area contributed by atoms with Crippen LogP contribution < -0.4 is 0 Å². The monoisotopic (exact) mass is 779 g/mol. The fourth-order valence-corrected chi connectivity index (χ4v) is 9.48. The van der Waals surface area contributed by atoms with Crippen LogP contribution in [0.1, 0.15) is 0 Å². The third-order valence-corrected chi connectivity index (χ3v) is 12.1. The lowest BCUT2D eigenvalue weighted by molar-refractivity contribution is 0.666. The Labute approximate surface area is 349 Å². The Balaban J connectivity index is 1.09. The molecule has 0 spiro atoms. The van der Waals surface area contributed by atoms with E-state index in [4.69, 9.17) is 19.4 Å². The number of para-hydroxylation sites is 4. The molecule has 13 aromatic rings. The van der Waals surface area contributed by atoms with E-state index in [-0.39, 0.29) is 0 Å². The fourth-order valence-electron chi connectivity index (χ4n) is 9.48. The summed E-state index contributed by atoms with van der Waals surface area (Å²) < 4.78 is 11.9. The van der Waals surface area contributed by atoms with Crippen LogP contribution in [0.25, 0.3) is 122 Å². The van der Waals surface area contributed by atoms with Crippen molar-refractivity contribution >= 4 is 76.3 Å². The van der Waals surface area contributed by atoms with Crippen LogP contribution in [-0.2, 0) is 0 Å². The van der Waals surface area contributed by atoms with Crippen LogP contribution in [0, 0.1) is 0 Å². The number of fused-ring (bicyclic) bond motifs is 11. The average Bonchev–Trinajstić information content (AvgIpc) is 3.99. The largest absolute Gasteiger partial charge is 0.454 e. The highest BCUT2D eigenvalue weighted by molar-refractivity contribution is 6.24. The van der Waals surface area contributed by atoms with Crippen molar-refractivity contribution in [1.82, 2.24) is 24.1 Å². The Hall–Kier alpha value is -8.35. The summed E-state index contributed by atoms with van der Waals surface area (Å²) in [5, 5.41) is 9.06. The minimum Gasteiger partial charge on any atom is -0.454 e. The molecule has 0 saturated heterocycles. The average molecular weight is 780 g/mol. The maximum Gasteiger partial charge on any atom is 0.164 e. The van der Waals surface area contributed by atoms with E-state index < -0.39 is 0 Å². The zero-order valence-electron chi connectivity index (χ0n) is 32.7. The first-order valence-corrected chi connectivity index (χ1v) is 20.5. The van der Waals surface area contributed by atoms with Gasteiger partial charge in [-0.1, -0.05) is 152 Å². The van der Waals surface area contributed by atoms with Gasteiger partial charge in [-0.25, -0.2) is 15.0 Å². The van der Waals surface area contributed by atoms with Crippen molar-refractivity contribution in [2.45, 2.75) is 0 Å². The standard InChI is InChI=1S/C55H33N5O/c1-4-17-34(18-5-1)53-56-54(35-19-6-2-7-20-35)58-55(57-53)44-32-50-51(40-26-11-10-23-37(40)44)41-27-16-30-47(52(41)61-50)60-46-29-15-13-25-39(46)43-31-42-38-24-12-14-28-45(38)59(48(42)33-49(43)60)36-21-8-3-9-22-36/h1-33H. The molecule has 6 heteroatoms. The van der Waals surface area contributed by atoms with Gasteiger partial charge in [0.1, 0.15) is 5.58 Å². The van der Waals surface area contributed by atoms with Gasteiger partial charge in [-0.3, -0.25) is 0 Å². The number of benzene rings is 9. The number of furan rings is 1. The Kier molecular flexibility index (Phi) is 7.21. The molecule has 4 aromatic heterocycles. The third kappa shape index (κ3) is 5.06. The van der Waals surface area contributed by atoms with Crippen molar-refractivity contribution in [3.05, 3.63) is 200 Å². The normalized spacial score (nSPS) is 11.9. The topological polar surface area (TPSA) is 61.7 Å². The second-order valence-corrected chi connectivity index (χ2v) is 15.6. The summed E-state index contributed by atoms with van der Waals surface area (Å²) in [5.41, 5.74) is 11.0. The van der Waals surface area contributed by atoms with Crippen LogP contribution in [0.5, 0.6) is 0 Å². The molecule has 284 valence electrons. The van der Waals surface area contributed by atoms with E-state index in [1.54, 1.807) is 0 Å². The summed E-state index contributed by atoms with van der Waals surface area (Å²) in [6.45, 7) is 0. The predicted octanol–water partition coefficient (Wildman–Crippen LogP) is 14.1. The number of hydrogen-bond acceptors (Lipinski definition) is 4.